The summed E-state index contributed by atoms with van der Waals surface area (Å²) in [5.41, 5.74) is 7.57. The van der Waals surface area contributed by atoms with Crippen LogP contribution < -0.4 is 10.5 Å². The van der Waals surface area contributed by atoms with E-state index in [-0.39, 0.29) is 5.82 Å². The van der Waals surface area contributed by atoms with E-state index < -0.39 is 5.54 Å². The molecule has 0 radical (unpaired) electrons. The molecule has 2 rings (SSSR count). The SMILES string of the molecule is CCOc1ccc(C(N)(CC)c2cccc(F)c2)cc1. The molecule has 2 aromatic rings. The zero-order valence-electron chi connectivity index (χ0n) is 11.9. The van der Waals surface area contributed by atoms with Gasteiger partial charge in [-0.1, -0.05) is 31.2 Å². The van der Waals surface area contributed by atoms with Crippen molar-refractivity contribution < 1.29 is 9.13 Å². The maximum atomic E-state index is 13.4. The van der Waals surface area contributed by atoms with Gasteiger partial charge in [0.25, 0.3) is 0 Å². The van der Waals surface area contributed by atoms with Gasteiger partial charge in [0, 0.05) is 0 Å². The van der Waals surface area contributed by atoms with Crippen molar-refractivity contribution in [3.05, 3.63) is 65.5 Å². The van der Waals surface area contributed by atoms with Crippen molar-refractivity contribution in [1.29, 1.82) is 0 Å². The number of ether oxygens (including phenoxy) is 1. The molecular weight excluding hydrogens is 253 g/mol. The first kappa shape index (κ1) is 14.5. The Balaban J connectivity index is 2.39. The number of nitrogens with two attached hydrogens (primary N) is 1. The Morgan fingerprint density at radius 3 is 2.30 bits per heavy atom. The van der Waals surface area contributed by atoms with Crippen molar-refractivity contribution in [1.82, 2.24) is 0 Å². The predicted molar refractivity (Wildman–Crippen MR) is 79.3 cm³/mol. The summed E-state index contributed by atoms with van der Waals surface area (Å²) in [5.74, 6) is 0.547. The van der Waals surface area contributed by atoms with Gasteiger partial charge in [0.15, 0.2) is 0 Å². The number of benzene rings is 2. The van der Waals surface area contributed by atoms with Gasteiger partial charge < -0.3 is 10.5 Å². The van der Waals surface area contributed by atoms with Crippen LogP contribution in [-0.4, -0.2) is 6.61 Å². The van der Waals surface area contributed by atoms with Gasteiger partial charge in [0.1, 0.15) is 11.6 Å². The first-order valence-electron chi connectivity index (χ1n) is 6.88. The molecule has 0 spiro atoms. The Morgan fingerprint density at radius 1 is 1.05 bits per heavy atom. The highest BCUT2D eigenvalue weighted by Gasteiger charge is 2.27. The predicted octanol–water partition coefficient (Wildman–Crippen LogP) is 3.84. The molecule has 0 aromatic heterocycles. The molecule has 0 heterocycles. The maximum Gasteiger partial charge on any atom is 0.123 e. The van der Waals surface area contributed by atoms with Crippen molar-refractivity contribution in [3.8, 4) is 5.75 Å². The van der Waals surface area contributed by atoms with E-state index in [1.807, 2.05) is 44.2 Å². The molecule has 2 N–H and O–H groups in total. The molecule has 1 unspecified atom stereocenters. The van der Waals surface area contributed by atoms with E-state index >= 15 is 0 Å². The third kappa shape index (κ3) is 2.83. The average molecular weight is 273 g/mol. The minimum absolute atomic E-state index is 0.267. The van der Waals surface area contributed by atoms with Gasteiger partial charge in [-0.15, -0.1) is 0 Å². The van der Waals surface area contributed by atoms with Gasteiger partial charge in [-0.25, -0.2) is 4.39 Å². The van der Waals surface area contributed by atoms with Crippen LogP contribution in [-0.2, 0) is 5.54 Å². The molecule has 0 fully saturated rings. The van der Waals surface area contributed by atoms with Crippen LogP contribution in [0.25, 0.3) is 0 Å². The zero-order chi connectivity index (χ0) is 14.6. The topological polar surface area (TPSA) is 35.2 Å². The fraction of sp³-hybridized carbons (Fsp3) is 0.294. The number of hydrogen-bond acceptors (Lipinski definition) is 2. The third-order valence-electron chi connectivity index (χ3n) is 3.58. The zero-order valence-corrected chi connectivity index (χ0v) is 11.9. The summed E-state index contributed by atoms with van der Waals surface area (Å²) in [4.78, 5) is 0. The Kier molecular flexibility index (Phi) is 4.40. The first-order chi connectivity index (χ1) is 9.60. The molecule has 0 saturated carbocycles. The van der Waals surface area contributed by atoms with Crippen LogP contribution in [0.3, 0.4) is 0 Å². The standard InChI is InChI=1S/C17H20FNO/c1-3-17(19,14-6-5-7-15(18)12-14)13-8-10-16(11-9-13)20-4-2/h5-12H,3-4,19H2,1-2H3. The fourth-order valence-corrected chi connectivity index (χ4v) is 2.36. The molecule has 0 aliphatic rings. The van der Waals surface area contributed by atoms with Crippen LogP contribution in [0.15, 0.2) is 48.5 Å². The lowest BCUT2D eigenvalue weighted by Crippen LogP contribution is -2.37. The Morgan fingerprint density at radius 2 is 1.75 bits per heavy atom. The van der Waals surface area contributed by atoms with Gasteiger partial charge in [-0.2, -0.15) is 0 Å². The molecule has 0 amide bonds. The second kappa shape index (κ2) is 6.06. The van der Waals surface area contributed by atoms with Crippen LogP contribution >= 0.6 is 0 Å². The second-order valence-corrected chi connectivity index (χ2v) is 4.79. The number of hydrogen-bond donors (Lipinski definition) is 1. The van der Waals surface area contributed by atoms with Gasteiger partial charge >= 0.3 is 0 Å². The molecule has 2 aromatic carbocycles. The van der Waals surface area contributed by atoms with E-state index in [1.54, 1.807) is 6.07 Å². The summed E-state index contributed by atoms with van der Waals surface area (Å²) in [6.07, 6.45) is 0.685. The third-order valence-corrected chi connectivity index (χ3v) is 3.58. The Hall–Kier alpha value is -1.87. The van der Waals surface area contributed by atoms with Crippen molar-refractivity contribution in [2.24, 2.45) is 5.73 Å². The van der Waals surface area contributed by atoms with Gasteiger partial charge in [0.05, 0.1) is 12.1 Å². The molecule has 2 nitrogen and oxygen atoms in total. The lowest BCUT2D eigenvalue weighted by atomic mass is 9.81. The normalized spacial score (nSPS) is 13.8. The minimum Gasteiger partial charge on any atom is -0.494 e. The summed E-state index contributed by atoms with van der Waals surface area (Å²) in [6.45, 7) is 4.58. The van der Waals surface area contributed by atoms with E-state index in [2.05, 4.69) is 0 Å². The van der Waals surface area contributed by atoms with Crippen LogP contribution in [0, 0.1) is 5.82 Å². The van der Waals surface area contributed by atoms with E-state index in [4.69, 9.17) is 10.5 Å². The van der Waals surface area contributed by atoms with Crippen molar-refractivity contribution in [2.75, 3.05) is 6.61 Å². The molecule has 0 aliphatic carbocycles. The molecule has 0 saturated heterocycles. The monoisotopic (exact) mass is 273 g/mol. The van der Waals surface area contributed by atoms with E-state index in [0.29, 0.717) is 13.0 Å². The first-order valence-corrected chi connectivity index (χ1v) is 6.88. The largest absolute Gasteiger partial charge is 0.494 e. The molecule has 106 valence electrons. The molecule has 0 bridgehead atoms. The van der Waals surface area contributed by atoms with Crippen LogP contribution in [0.1, 0.15) is 31.4 Å². The summed E-state index contributed by atoms with van der Waals surface area (Å²) < 4.78 is 18.9. The molecule has 3 heteroatoms. The van der Waals surface area contributed by atoms with Crippen molar-refractivity contribution in [2.45, 2.75) is 25.8 Å². The van der Waals surface area contributed by atoms with Gasteiger partial charge in [0.2, 0.25) is 0 Å². The summed E-state index contributed by atoms with van der Waals surface area (Å²) >= 11 is 0. The lowest BCUT2D eigenvalue weighted by Gasteiger charge is -2.29. The van der Waals surface area contributed by atoms with Crippen LogP contribution in [0.5, 0.6) is 5.75 Å². The van der Waals surface area contributed by atoms with Gasteiger partial charge in [-0.3, -0.25) is 0 Å². The summed E-state index contributed by atoms with van der Waals surface area (Å²) in [5, 5.41) is 0. The lowest BCUT2D eigenvalue weighted by molar-refractivity contribution is 0.340. The van der Waals surface area contributed by atoms with Crippen LogP contribution in [0.2, 0.25) is 0 Å². The quantitative estimate of drug-likeness (QED) is 0.898. The number of halogens is 1. The summed E-state index contributed by atoms with van der Waals surface area (Å²) in [7, 11) is 0. The minimum atomic E-state index is -0.688. The fourth-order valence-electron chi connectivity index (χ4n) is 2.36. The van der Waals surface area contributed by atoms with E-state index in [0.717, 1.165) is 16.9 Å². The Labute approximate surface area is 119 Å². The highest BCUT2D eigenvalue weighted by Crippen LogP contribution is 2.31. The Bertz CT molecular complexity index is 567. The molecular formula is C17H20FNO. The van der Waals surface area contributed by atoms with Crippen molar-refractivity contribution >= 4 is 0 Å². The highest BCUT2D eigenvalue weighted by atomic mass is 19.1. The van der Waals surface area contributed by atoms with E-state index in [9.17, 15) is 4.39 Å². The van der Waals surface area contributed by atoms with Crippen molar-refractivity contribution in [3.63, 3.8) is 0 Å². The maximum absolute atomic E-state index is 13.4. The molecule has 0 aliphatic heterocycles. The highest BCUT2D eigenvalue weighted by molar-refractivity contribution is 5.40. The smallest absolute Gasteiger partial charge is 0.123 e. The second-order valence-electron chi connectivity index (χ2n) is 4.79. The number of rotatable bonds is 5. The molecule has 20 heavy (non-hydrogen) atoms. The van der Waals surface area contributed by atoms with E-state index in [1.165, 1.54) is 12.1 Å². The molecule has 1 atom stereocenters. The average Bonchev–Trinajstić information content (AvgIpc) is 2.47. The van der Waals surface area contributed by atoms with Gasteiger partial charge in [-0.05, 0) is 48.7 Å². The van der Waals surface area contributed by atoms with Crippen LogP contribution in [0.4, 0.5) is 4.39 Å². The summed E-state index contributed by atoms with van der Waals surface area (Å²) in [6, 6.07) is 14.2.